The van der Waals surface area contributed by atoms with E-state index in [-0.39, 0.29) is 35.8 Å². The molecule has 3 aromatic rings. The normalized spacial score (nSPS) is 14.1. The van der Waals surface area contributed by atoms with Crippen molar-refractivity contribution in [1.82, 2.24) is 5.32 Å². The van der Waals surface area contributed by atoms with E-state index in [1.165, 1.54) is 31.4 Å². The van der Waals surface area contributed by atoms with Crippen LogP contribution >= 0.6 is 0 Å². The molecule has 0 bridgehead atoms. The van der Waals surface area contributed by atoms with Crippen LogP contribution in [0.1, 0.15) is 35.3 Å². The highest BCUT2D eigenvalue weighted by Gasteiger charge is 2.38. The summed E-state index contributed by atoms with van der Waals surface area (Å²) in [4.78, 5) is 50.9. The predicted octanol–water partition coefficient (Wildman–Crippen LogP) is 4.44. The number of amides is 4. The lowest BCUT2D eigenvalue weighted by molar-refractivity contribution is -0.122. The molecule has 1 heterocycles. The van der Waals surface area contributed by atoms with Crippen molar-refractivity contribution < 1.29 is 43.2 Å². The third-order valence-electron chi connectivity index (χ3n) is 5.98. The van der Waals surface area contributed by atoms with E-state index in [2.05, 4.69) is 5.32 Å². The van der Waals surface area contributed by atoms with Crippen molar-refractivity contribution in [3.05, 3.63) is 82.9 Å². The summed E-state index contributed by atoms with van der Waals surface area (Å²) < 4.78 is 22.4. The maximum Gasteiger partial charge on any atom is 0.336 e. The first-order valence-electron chi connectivity index (χ1n) is 12.7. The van der Waals surface area contributed by atoms with Gasteiger partial charge in [0.15, 0.2) is 11.5 Å². The molecule has 0 aromatic heterocycles. The SMILES string of the molecule is CCOc1ccc(OCC)c(N2C(=O)NC(=O)/C(=C\c3ccc(OCc4ccc(C(=O)O)cc4)c(OC)c3)C2=O)c1. The van der Waals surface area contributed by atoms with Crippen LogP contribution in [0.15, 0.2) is 66.2 Å². The van der Waals surface area contributed by atoms with Gasteiger partial charge < -0.3 is 24.1 Å². The first-order chi connectivity index (χ1) is 19.7. The van der Waals surface area contributed by atoms with Gasteiger partial charge in [0.1, 0.15) is 23.7 Å². The number of ether oxygens (including phenoxy) is 4. The Balaban J connectivity index is 1.60. The molecule has 1 aliphatic heterocycles. The van der Waals surface area contributed by atoms with Crippen LogP contribution in [-0.2, 0) is 16.2 Å². The summed E-state index contributed by atoms with van der Waals surface area (Å²) in [6, 6.07) is 14.9. The number of anilines is 1. The molecule has 4 amide bonds. The van der Waals surface area contributed by atoms with E-state index in [0.29, 0.717) is 29.4 Å². The number of hydrogen-bond donors (Lipinski definition) is 2. The van der Waals surface area contributed by atoms with Crippen LogP contribution in [0.25, 0.3) is 6.08 Å². The fourth-order valence-electron chi connectivity index (χ4n) is 4.05. The van der Waals surface area contributed by atoms with Gasteiger partial charge in [-0.3, -0.25) is 14.9 Å². The number of rotatable bonds is 11. The van der Waals surface area contributed by atoms with Crippen molar-refractivity contribution in [1.29, 1.82) is 0 Å². The lowest BCUT2D eigenvalue weighted by atomic mass is 10.1. The van der Waals surface area contributed by atoms with E-state index in [1.54, 1.807) is 56.3 Å². The zero-order valence-electron chi connectivity index (χ0n) is 22.6. The molecule has 0 unspecified atom stereocenters. The van der Waals surface area contributed by atoms with Crippen molar-refractivity contribution in [3.63, 3.8) is 0 Å². The lowest BCUT2D eigenvalue weighted by Gasteiger charge is -2.28. The van der Waals surface area contributed by atoms with E-state index in [9.17, 15) is 19.2 Å². The number of imide groups is 2. The number of urea groups is 1. The third-order valence-corrected chi connectivity index (χ3v) is 5.98. The van der Waals surface area contributed by atoms with E-state index >= 15 is 0 Å². The number of nitrogens with zero attached hydrogens (tertiary/aromatic N) is 1. The molecule has 1 aliphatic rings. The minimum absolute atomic E-state index is 0.136. The van der Waals surface area contributed by atoms with E-state index in [4.69, 9.17) is 24.1 Å². The first kappa shape index (κ1) is 28.7. The number of aromatic carboxylic acids is 1. The summed E-state index contributed by atoms with van der Waals surface area (Å²) >= 11 is 0. The van der Waals surface area contributed by atoms with Gasteiger partial charge in [0, 0.05) is 6.07 Å². The molecule has 11 heteroatoms. The number of carbonyl (C=O) groups is 4. The fraction of sp³-hybridized carbons (Fsp3) is 0.200. The Morgan fingerprint density at radius 2 is 1.59 bits per heavy atom. The number of carboxylic acid groups (broad SMARTS) is 1. The number of barbiturate groups is 1. The van der Waals surface area contributed by atoms with Gasteiger partial charge in [0.2, 0.25) is 0 Å². The third kappa shape index (κ3) is 6.47. The Bertz CT molecular complexity index is 1510. The molecular weight excluding hydrogens is 532 g/mol. The fourth-order valence-corrected chi connectivity index (χ4v) is 4.05. The summed E-state index contributed by atoms with van der Waals surface area (Å²) in [5.74, 6) is -1.28. The van der Waals surface area contributed by atoms with Gasteiger partial charge in [-0.15, -0.1) is 0 Å². The molecule has 0 aliphatic carbocycles. The van der Waals surface area contributed by atoms with Gasteiger partial charge >= 0.3 is 12.0 Å². The maximum atomic E-state index is 13.5. The van der Waals surface area contributed by atoms with Gasteiger partial charge in [-0.2, -0.15) is 0 Å². The van der Waals surface area contributed by atoms with Crippen LogP contribution in [0.2, 0.25) is 0 Å². The minimum atomic E-state index is -1.02. The van der Waals surface area contributed by atoms with Crippen molar-refractivity contribution in [2.24, 2.45) is 0 Å². The van der Waals surface area contributed by atoms with Crippen molar-refractivity contribution >= 4 is 35.6 Å². The molecule has 1 fully saturated rings. The Labute approximate surface area is 235 Å². The standard InChI is InChI=1S/C30H28N2O9/c1-4-39-21-11-13-24(40-5-2)23(16-21)32-28(34)22(27(33)31-30(32)37)14-19-8-12-25(26(15-19)38-3)41-17-18-6-9-20(10-7-18)29(35)36/h6-16H,4-5,17H2,1-3H3,(H,35,36)(H,31,33,37)/b22-14+. The van der Waals surface area contributed by atoms with Gasteiger partial charge in [-0.05, 0) is 67.4 Å². The summed E-state index contributed by atoms with van der Waals surface area (Å²) in [7, 11) is 1.44. The molecule has 1 saturated heterocycles. The van der Waals surface area contributed by atoms with E-state index in [0.717, 1.165) is 10.5 Å². The minimum Gasteiger partial charge on any atom is -0.494 e. The number of hydrogen-bond acceptors (Lipinski definition) is 8. The highest BCUT2D eigenvalue weighted by Crippen LogP contribution is 2.35. The second-order valence-electron chi connectivity index (χ2n) is 8.65. The van der Waals surface area contributed by atoms with Crippen molar-refractivity contribution in [2.75, 3.05) is 25.2 Å². The van der Waals surface area contributed by atoms with Gasteiger partial charge in [0.25, 0.3) is 11.8 Å². The molecule has 0 radical (unpaired) electrons. The van der Waals surface area contributed by atoms with E-state index < -0.39 is 23.8 Å². The number of benzene rings is 3. The molecular formula is C30H28N2O9. The number of nitrogens with one attached hydrogen (secondary N) is 1. The molecule has 212 valence electrons. The molecule has 11 nitrogen and oxygen atoms in total. The molecule has 0 atom stereocenters. The second-order valence-corrected chi connectivity index (χ2v) is 8.65. The monoisotopic (exact) mass is 560 g/mol. The number of carbonyl (C=O) groups excluding carboxylic acids is 3. The average Bonchev–Trinajstić information content (AvgIpc) is 2.96. The van der Waals surface area contributed by atoms with Crippen LogP contribution in [0.5, 0.6) is 23.0 Å². The maximum absolute atomic E-state index is 13.5. The molecule has 2 N–H and O–H groups in total. The van der Waals surface area contributed by atoms with Gasteiger partial charge in [-0.25, -0.2) is 14.5 Å². The smallest absolute Gasteiger partial charge is 0.336 e. The summed E-state index contributed by atoms with van der Waals surface area (Å²) in [5.41, 5.74) is 1.22. The lowest BCUT2D eigenvalue weighted by Crippen LogP contribution is -2.54. The van der Waals surface area contributed by atoms with Crippen LogP contribution in [0.4, 0.5) is 10.5 Å². The highest BCUT2D eigenvalue weighted by atomic mass is 16.5. The summed E-state index contributed by atoms with van der Waals surface area (Å²) in [5, 5.41) is 11.3. The second kappa shape index (κ2) is 12.7. The quantitative estimate of drug-likeness (QED) is 0.257. The molecule has 0 saturated carbocycles. The van der Waals surface area contributed by atoms with Crippen molar-refractivity contribution in [3.8, 4) is 23.0 Å². The molecule has 41 heavy (non-hydrogen) atoms. The zero-order valence-corrected chi connectivity index (χ0v) is 22.6. The summed E-state index contributed by atoms with van der Waals surface area (Å²) in [6.07, 6.45) is 1.35. The van der Waals surface area contributed by atoms with Gasteiger partial charge in [0.05, 0.1) is 31.6 Å². The predicted molar refractivity (Wildman–Crippen MR) is 149 cm³/mol. The van der Waals surface area contributed by atoms with Crippen molar-refractivity contribution in [2.45, 2.75) is 20.5 Å². The largest absolute Gasteiger partial charge is 0.494 e. The van der Waals surface area contributed by atoms with E-state index in [1.807, 2.05) is 0 Å². The Morgan fingerprint density at radius 1 is 0.878 bits per heavy atom. The zero-order chi connectivity index (χ0) is 29.5. The Morgan fingerprint density at radius 3 is 2.24 bits per heavy atom. The topological polar surface area (TPSA) is 141 Å². The first-order valence-corrected chi connectivity index (χ1v) is 12.7. The number of carboxylic acids is 1. The van der Waals surface area contributed by atoms with Crippen LogP contribution in [0.3, 0.4) is 0 Å². The van der Waals surface area contributed by atoms with Crippen LogP contribution in [-0.4, -0.2) is 49.2 Å². The summed E-state index contributed by atoms with van der Waals surface area (Å²) in [6.45, 7) is 4.38. The molecule has 4 rings (SSSR count). The number of methoxy groups -OCH3 is 1. The highest BCUT2D eigenvalue weighted by molar-refractivity contribution is 6.39. The van der Waals surface area contributed by atoms with Gasteiger partial charge in [-0.1, -0.05) is 18.2 Å². The van der Waals surface area contributed by atoms with Crippen LogP contribution < -0.4 is 29.2 Å². The Kier molecular flexibility index (Phi) is 8.88. The molecule has 3 aromatic carbocycles. The Hall–Kier alpha value is -5.32. The molecule has 0 spiro atoms. The average molecular weight is 561 g/mol. The van der Waals surface area contributed by atoms with Crippen LogP contribution in [0, 0.1) is 0 Å².